The molecule has 0 aromatic rings. The first-order chi connectivity index (χ1) is 16.2. The second-order valence-electron chi connectivity index (χ2n) is 16.2. The Bertz CT molecular complexity index is 906. The molecule has 0 amide bonds. The molecule has 1 aliphatic heterocycles. The minimum absolute atomic E-state index is 0.0503. The van der Waals surface area contributed by atoms with Crippen molar-refractivity contribution in [2.45, 2.75) is 132 Å². The average Bonchev–Trinajstić information content (AvgIpc) is 3.10. The Balaban J connectivity index is 1.35. The lowest BCUT2D eigenvalue weighted by Crippen LogP contribution is -2.67. The van der Waals surface area contributed by atoms with E-state index < -0.39 is 0 Å². The number of rotatable bonds is 1. The van der Waals surface area contributed by atoms with E-state index in [1.807, 2.05) is 0 Å². The van der Waals surface area contributed by atoms with Crippen LogP contribution in [0.1, 0.15) is 120 Å². The molecule has 0 aromatic heterocycles. The maximum Gasteiger partial charge on any atom is 0.302 e. The Labute approximate surface area is 214 Å². The molecule has 6 rings (SSSR count). The molecule has 1 heterocycles. The summed E-state index contributed by atoms with van der Waals surface area (Å²) in [6.07, 6.45) is 13.7. The van der Waals surface area contributed by atoms with Crippen molar-refractivity contribution < 1.29 is 14.3 Å². The molecule has 6 aliphatic rings. The molecular formula is C32H52O3. The number of esters is 1. The van der Waals surface area contributed by atoms with Gasteiger partial charge < -0.3 is 9.47 Å². The fourth-order valence-electron chi connectivity index (χ4n) is 12.4. The molecule has 5 aliphatic carbocycles. The third kappa shape index (κ3) is 2.97. The summed E-state index contributed by atoms with van der Waals surface area (Å²) in [4.78, 5) is 11.9. The van der Waals surface area contributed by atoms with Gasteiger partial charge in [0.15, 0.2) is 0 Å². The first-order valence-electron chi connectivity index (χ1n) is 15.0. The predicted octanol–water partition coefficient (Wildman–Crippen LogP) is 7.81. The Kier molecular flexibility index (Phi) is 5.16. The van der Waals surface area contributed by atoms with Crippen LogP contribution in [0.2, 0.25) is 0 Å². The summed E-state index contributed by atoms with van der Waals surface area (Å²) in [5.74, 6) is 2.88. The lowest BCUT2D eigenvalue weighted by atomic mass is 9.31. The van der Waals surface area contributed by atoms with Crippen LogP contribution in [0.5, 0.6) is 0 Å². The zero-order chi connectivity index (χ0) is 25.2. The van der Waals surface area contributed by atoms with Gasteiger partial charge in [0.2, 0.25) is 0 Å². The summed E-state index contributed by atoms with van der Waals surface area (Å²) < 4.78 is 12.7. The normalized spacial score (nSPS) is 55.7. The van der Waals surface area contributed by atoms with E-state index >= 15 is 0 Å². The molecule has 10 atom stereocenters. The van der Waals surface area contributed by atoms with Crippen molar-refractivity contribution >= 4 is 5.97 Å². The van der Waals surface area contributed by atoms with Gasteiger partial charge in [-0.05, 0) is 115 Å². The zero-order valence-electron chi connectivity index (χ0n) is 24.0. The molecule has 1 saturated heterocycles. The van der Waals surface area contributed by atoms with Crippen LogP contribution in [-0.2, 0) is 14.3 Å². The SMILES string of the molecule is CC(=O)O[C@@H]1CC[C@]2(C)[C@H](CC[C@]3(C)[C@H]2CC[C@@H]2[C@@H]4[C@@H]5OC[C@@]4(CCC5(C)C)CC[C@@]23C)C1(C)C. The van der Waals surface area contributed by atoms with Gasteiger partial charge in [-0.1, -0.05) is 48.5 Å². The van der Waals surface area contributed by atoms with Gasteiger partial charge in [-0.2, -0.15) is 0 Å². The largest absolute Gasteiger partial charge is 0.462 e. The second kappa shape index (κ2) is 7.29. The highest BCUT2D eigenvalue weighted by Crippen LogP contribution is 2.78. The van der Waals surface area contributed by atoms with Crippen LogP contribution >= 0.6 is 0 Å². The highest BCUT2D eigenvalue weighted by atomic mass is 16.5. The van der Waals surface area contributed by atoms with Gasteiger partial charge in [0.05, 0.1) is 12.7 Å². The first kappa shape index (κ1) is 24.7. The number of carbonyl (C=O) groups is 1. The van der Waals surface area contributed by atoms with Crippen molar-refractivity contribution in [3.8, 4) is 0 Å². The van der Waals surface area contributed by atoms with Crippen LogP contribution in [-0.4, -0.2) is 24.8 Å². The Morgan fingerprint density at radius 3 is 2.20 bits per heavy atom. The van der Waals surface area contributed by atoms with Gasteiger partial charge in [-0.3, -0.25) is 4.79 Å². The molecule has 5 saturated carbocycles. The quantitative estimate of drug-likeness (QED) is 0.356. The van der Waals surface area contributed by atoms with Crippen LogP contribution in [0.4, 0.5) is 0 Å². The molecule has 35 heavy (non-hydrogen) atoms. The van der Waals surface area contributed by atoms with Crippen molar-refractivity contribution in [3.05, 3.63) is 0 Å². The minimum Gasteiger partial charge on any atom is -0.462 e. The molecule has 3 nitrogen and oxygen atoms in total. The number of hydrogen-bond donors (Lipinski definition) is 0. The fourth-order valence-corrected chi connectivity index (χ4v) is 12.4. The Morgan fingerprint density at radius 2 is 1.49 bits per heavy atom. The number of hydrogen-bond acceptors (Lipinski definition) is 3. The molecule has 198 valence electrons. The molecule has 3 heteroatoms. The Hall–Kier alpha value is -0.570. The van der Waals surface area contributed by atoms with Crippen molar-refractivity contribution in [2.24, 2.45) is 56.2 Å². The van der Waals surface area contributed by atoms with Crippen molar-refractivity contribution in [2.75, 3.05) is 6.61 Å². The van der Waals surface area contributed by atoms with Crippen LogP contribution in [0.3, 0.4) is 0 Å². The van der Waals surface area contributed by atoms with E-state index in [-0.39, 0.29) is 17.5 Å². The Morgan fingerprint density at radius 1 is 0.771 bits per heavy atom. The fraction of sp³-hybridized carbons (Fsp3) is 0.969. The molecular weight excluding hydrogens is 432 g/mol. The van der Waals surface area contributed by atoms with Gasteiger partial charge in [0, 0.05) is 12.3 Å². The number of carbonyl (C=O) groups excluding carboxylic acids is 1. The van der Waals surface area contributed by atoms with Gasteiger partial charge in [0.1, 0.15) is 6.10 Å². The molecule has 0 radical (unpaired) electrons. The lowest BCUT2D eigenvalue weighted by Gasteiger charge is -2.73. The smallest absolute Gasteiger partial charge is 0.302 e. The highest BCUT2D eigenvalue weighted by Gasteiger charge is 2.72. The molecule has 0 spiro atoms. The van der Waals surface area contributed by atoms with Crippen molar-refractivity contribution in [3.63, 3.8) is 0 Å². The van der Waals surface area contributed by atoms with Crippen LogP contribution in [0, 0.1) is 56.2 Å². The van der Waals surface area contributed by atoms with E-state index in [4.69, 9.17) is 9.47 Å². The number of fused-ring (bicyclic) bond motifs is 5. The molecule has 6 fully saturated rings. The molecule has 2 bridgehead atoms. The van der Waals surface area contributed by atoms with Gasteiger partial charge >= 0.3 is 5.97 Å². The summed E-state index contributed by atoms with van der Waals surface area (Å²) >= 11 is 0. The van der Waals surface area contributed by atoms with Crippen LogP contribution < -0.4 is 0 Å². The van der Waals surface area contributed by atoms with Gasteiger partial charge in [-0.25, -0.2) is 0 Å². The average molecular weight is 485 g/mol. The van der Waals surface area contributed by atoms with E-state index in [0.29, 0.717) is 39.1 Å². The van der Waals surface area contributed by atoms with E-state index in [1.54, 1.807) is 6.92 Å². The minimum atomic E-state index is -0.108. The third-order valence-electron chi connectivity index (χ3n) is 14.4. The van der Waals surface area contributed by atoms with E-state index in [9.17, 15) is 4.79 Å². The molecule has 0 N–H and O–H groups in total. The van der Waals surface area contributed by atoms with Crippen molar-refractivity contribution in [1.29, 1.82) is 0 Å². The standard InChI is InChI=1S/C32H52O3/c1-20(33)35-24-12-13-29(6)22(28(24,4)5)11-14-31(8)23(29)10-9-21-25-26-27(2,3)15-17-32(25,19-34-26)18-16-30(21,31)7/h21-26H,9-19H2,1-8H3/t21-,22-,23+,24-,25-,26+,29-,30+,31-,32-/m1/s1. The maximum absolute atomic E-state index is 11.9. The van der Waals surface area contributed by atoms with Gasteiger partial charge in [0.25, 0.3) is 0 Å². The monoisotopic (exact) mass is 484 g/mol. The highest BCUT2D eigenvalue weighted by molar-refractivity contribution is 5.66. The summed E-state index contributed by atoms with van der Waals surface area (Å²) in [6, 6.07) is 0. The predicted molar refractivity (Wildman–Crippen MR) is 140 cm³/mol. The van der Waals surface area contributed by atoms with Gasteiger partial charge in [-0.15, -0.1) is 0 Å². The van der Waals surface area contributed by atoms with E-state index in [0.717, 1.165) is 30.8 Å². The number of ether oxygens (including phenoxy) is 2. The molecule has 0 unspecified atom stereocenters. The lowest BCUT2D eigenvalue weighted by molar-refractivity contribution is -0.254. The zero-order valence-corrected chi connectivity index (χ0v) is 24.0. The molecule has 0 aromatic carbocycles. The summed E-state index contributed by atoms with van der Waals surface area (Å²) in [5.41, 5.74) is 2.00. The van der Waals surface area contributed by atoms with Crippen molar-refractivity contribution in [1.82, 2.24) is 0 Å². The van der Waals surface area contributed by atoms with E-state index in [1.165, 1.54) is 57.8 Å². The second-order valence-corrected chi connectivity index (χ2v) is 16.2. The summed E-state index contributed by atoms with van der Waals surface area (Å²) in [5, 5.41) is 0. The van der Waals surface area contributed by atoms with Crippen LogP contribution in [0.15, 0.2) is 0 Å². The maximum atomic E-state index is 11.9. The first-order valence-corrected chi connectivity index (χ1v) is 15.0. The topological polar surface area (TPSA) is 35.5 Å². The van der Waals surface area contributed by atoms with Crippen LogP contribution in [0.25, 0.3) is 0 Å². The summed E-state index contributed by atoms with van der Waals surface area (Å²) in [6.45, 7) is 20.5. The summed E-state index contributed by atoms with van der Waals surface area (Å²) in [7, 11) is 0. The van der Waals surface area contributed by atoms with E-state index in [2.05, 4.69) is 48.5 Å². The third-order valence-corrected chi connectivity index (χ3v) is 14.4.